The number of ether oxygens (including phenoxy) is 3. The molecule has 37 heavy (non-hydrogen) atoms. The summed E-state index contributed by atoms with van der Waals surface area (Å²) in [4.78, 5) is 12.8. The first-order valence-corrected chi connectivity index (χ1v) is 12.2. The number of hydrogen-bond donors (Lipinski definition) is 0. The van der Waals surface area contributed by atoms with E-state index in [9.17, 15) is 4.79 Å². The Morgan fingerprint density at radius 2 is 1.51 bits per heavy atom. The van der Waals surface area contributed by atoms with Crippen molar-refractivity contribution < 1.29 is 19.0 Å². The van der Waals surface area contributed by atoms with Crippen molar-refractivity contribution in [1.82, 2.24) is 0 Å². The maximum Gasteiger partial charge on any atom is 0.343 e. The zero-order valence-corrected chi connectivity index (χ0v) is 20.6. The number of cyclic esters (lactones) is 1. The van der Waals surface area contributed by atoms with Gasteiger partial charge in [0.05, 0.1) is 31.7 Å². The molecule has 0 N–H and O–H groups in total. The quantitative estimate of drug-likeness (QED) is 0.296. The summed E-state index contributed by atoms with van der Waals surface area (Å²) in [5.41, 5.74) is 6.42. The Labute approximate surface area is 215 Å². The number of rotatable bonds is 6. The van der Waals surface area contributed by atoms with Crippen molar-refractivity contribution in [2.75, 3.05) is 19.2 Å². The Balaban J connectivity index is 1.34. The van der Waals surface area contributed by atoms with Crippen LogP contribution in [0.4, 0.5) is 5.69 Å². The van der Waals surface area contributed by atoms with Crippen LogP contribution in [0.15, 0.2) is 102 Å². The third-order valence-corrected chi connectivity index (χ3v) is 6.95. The van der Waals surface area contributed by atoms with Gasteiger partial charge in [-0.2, -0.15) is 5.10 Å². The number of methoxy groups -OCH3 is 2. The zero-order chi connectivity index (χ0) is 25.4. The molecule has 4 aromatic rings. The Morgan fingerprint density at radius 3 is 2.19 bits per heavy atom. The topological polar surface area (TPSA) is 60.4 Å². The number of anilines is 1. The smallest absolute Gasteiger partial charge is 0.343 e. The van der Waals surface area contributed by atoms with Gasteiger partial charge >= 0.3 is 5.97 Å². The van der Waals surface area contributed by atoms with Crippen LogP contribution in [-0.4, -0.2) is 25.9 Å². The highest BCUT2D eigenvalue weighted by atomic mass is 16.6. The van der Waals surface area contributed by atoms with Crippen LogP contribution in [0.3, 0.4) is 0 Å². The molecule has 6 nitrogen and oxygen atoms in total. The lowest BCUT2D eigenvalue weighted by Gasteiger charge is -2.24. The minimum Gasteiger partial charge on any atom is -0.493 e. The summed E-state index contributed by atoms with van der Waals surface area (Å²) in [6.45, 7) is 0. The summed E-state index contributed by atoms with van der Waals surface area (Å²) >= 11 is 0. The first kappa shape index (κ1) is 22.9. The molecule has 0 saturated heterocycles. The van der Waals surface area contributed by atoms with E-state index in [1.165, 1.54) is 12.7 Å². The van der Waals surface area contributed by atoms with Gasteiger partial charge in [0.15, 0.2) is 17.6 Å². The maximum absolute atomic E-state index is 12.8. The molecule has 0 aromatic heterocycles. The van der Waals surface area contributed by atoms with Crippen molar-refractivity contribution in [1.29, 1.82) is 0 Å². The molecule has 0 aliphatic carbocycles. The molecule has 2 aliphatic rings. The second-order valence-electron chi connectivity index (χ2n) is 9.03. The Morgan fingerprint density at radius 1 is 0.811 bits per heavy atom. The number of hydrogen-bond acceptors (Lipinski definition) is 6. The molecule has 6 rings (SSSR count). The van der Waals surface area contributed by atoms with Crippen molar-refractivity contribution in [2.24, 2.45) is 5.10 Å². The van der Waals surface area contributed by atoms with Crippen LogP contribution in [0, 0.1) is 0 Å². The average Bonchev–Trinajstić information content (AvgIpc) is 3.56. The fourth-order valence-electron chi connectivity index (χ4n) is 5.14. The van der Waals surface area contributed by atoms with E-state index >= 15 is 0 Å². The number of fused-ring (bicyclic) bond motifs is 1. The van der Waals surface area contributed by atoms with Crippen molar-refractivity contribution in [3.63, 3.8) is 0 Å². The lowest BCUT2D eigenvalue weighted by Crippen LogP contribution is -2.18. The lowest BCUT2D eigenvalue weighted by atomic mass is 9.97. The molecule has 0 unspecified atom stereocenters. The van der Waals surface area contributed by atoms with Gasteiger partial charge in [-0.25, -0.2) is 4.79 Å². The molecule has 0 fully saturated rings. The van der Waals surface area contributed by atoms with E-state index in [4.69, 9.17) is 19.3 Å². The molecule has 0 radical (unpaired) electrons. The molecule has 0 amide bonds. The van der Waals surface area contributed by atoms with Gasteiger partial charge in [-0.1, -0.05) is 78.9 Å². The first-order valence-electron chi connectivity index (χ1n) is 12.2. The number of benzene rings is 4. The zero-order valence-electron chi connectivity index (χ0n) is 20.6. The van der Waals surface area contributed by atoms with E-state index in [-0.39, 0.29) is 6.04 Å². The highest BCUT2D eigenvalue weighted by Crippen LogP contribution is 2.45. The first-order chi connectivity index (χ1) is 18.2. The summed E-state index contributed by atoms with van der Waals surface area (Å²) in [7, 11) is 3.07. The number of nitrogens with zero attached hydrogens (tertiary/aromatic N) is 2. The lowest BCUT2D eigenvalue weighted by molar-refractivity contribution is 0.0453. The molecule has 2 aliphatic heterocycles. The van der Waals surface area contributed by atoms with Gasteiger partial charge in [0.1, 0.15) is 5.56 Å². The predicted octanol–water partition coefficient (Wildman–Crippen LogP) is 6.32. The fourth-order valence-corrected chi connectivity index (χ4v) is 5.14. The largest absolute Gasteiger partial charge is 0.493 e. The van der Waals surface area contributed by atoms with E-state index in [1.54, 1.807) is 13.2 Å². The third kappa shape index (κ3) is 4.00. The van der Waals surface area contributed by atoms with E-state index in [1.807, 2.05) is 54.6 Å². The van der Waals surface area contributed by atoms with Gasteiger partial charge in [-0.15, -0.1) is 0 Å². The van der Waals surface area contributed by atoms with E-state index in [0.717, 1.165) is 34.5 Å². The molecule has 184 valence electrons. The molecular formula is C31H26N2O4. The van der Waals surface area contributed by atoms with Crippen molar-refractivity contribution in [3.8, 4) is 11.5 Å². The Bertz CT molecular complexity index is 1470. The Hall–Kier alpha value is -4.58. The highest BCUT2D eigenvalue weighted by molar-refractivity contribution is 6.03. The van der Waals surface area contributed by atoms with Crippen LogP contribution >= 0.6 is 0 Å². The summed E-state index contributed by atoms with van der Waals surface area (Å²) in [5.74, 6) is 0.484. The second-order valence-corrected chi connectivity index (χ2v) is 9.03. The summed E-state index contributed by atoms with van der Waals surface area (Å²) < 4.78 is 16.6. The van der Waals surface area contributed by atoms with Crippen LogP contribution in [0.25, 0.3) is 0 Å². The maximum atomic E-state index is 12.8. The number of carbonyl (C=O) groups excluding carboxylic acids is 1. The molecule has 0 spiro atoms. The second kappa shape index (κ2) is 9.47. The number of hydrazone groups is 1. The van der Waals surface area contributed by atoms with Gasteiger partial charge in [0.25, 0.3) is 0 Å². The van der Waals surface area contributed by atoms with Gasteiger partial charge in [0.2, 0.25) is 0 Å². The summed E-state index contributed by atoms with van der Waals surface area (Å²) in [6.07, 6.45) is 0.300. The van der Waals surface area contributed by atoms with Crippen LogP contribution < -0.4 is 14.5 Å². The van der Waals surface area contributed by atoms with E-state index in [0.29, 0.717) is 17.1 Å². The van der Waals surface area contributed by atoms with Crippen molar-refractivity contribution in [3.05, 3.63) is 125 Å². The standard InChI is InChI=1S/C31H26N2O4/c1-35-27-18-17-24-28(30(27)36-2)31(34)37-29(24)22-13-15-23(16-14-22)33-26(21-11-7-4-8-12-21)19-25(32-33)20-9-5-3-6-10-20/h3-18,26,29H,19H2,1-2H3/t26-,29-/m1/s1. The van der Waals surface area contributed by atoms with Gasteiger partial charge < -0.3 is 14.2 Å². The summed E-state index contributed by atoms with van der Waals surface area (Å²) in [6, 6.07) is 32.6. The van der Waals surface area contributed by atoms with Crippen LogP contribution in [0.1, 0.15) is 51.2 Å². The van der Waals surface area contributed by atoms with Crippen LogP contribution in [-0.2, 0) is 4.74 Å². The third-order valence-electron chi connectivity index (χ3n) is 6.95. The minimum atomic E-state index is -0.511. The van der Waals surface area contributed by atoms with Gasteiger partial charge in [-0.05, 0) is 34.9 Å². The van der Waals surface area contributed by atoms with E-state index in [2.05, 4.69) is 41.4 Å². The van der Waals surface area contributed by atoms with Crippen LogP contribution in [0.5, 0.6) is 11.5 Å². The normalized spacial score (nSPS) is 18.3. The molecular weight excluding hydrogens is 464 g/mol. The van der Waals surface area contributed by atoms with Gasteiger partial charge in [0, 0.05) is 12.0 Å². The molecule has 4 aromatic carbocycles. The fraction of sp³-hybridized carbons (Fsp3) is 0.161. The van der Waals surface area contributed by atoms with Crippen LogP contribution in [0.2, 0.25) is 0 Å². The SMILES string of the molecule is COc1ccc2c(c1OC)C(=O)O[C@@H]2c1ccc(N2N=C(c3ccccc3)C[C@@H]2c2ccccc2)cc1. The molecule has 2 heterocycles. The number of carbonyl (C=O) groups is 1. The monoisotopic (exact) mass is 490 g/mol. The molecule has 0 saturated carbocycles. The minimum absolute atomic E-state index is 0.0871. The molecule has 6 heteroatoms. The average molecular weight is 491 g/mol. The van der Waals surface area contributed by atoms with Crippen molar-refractivity contribution >= 4 is 17.4 Å². The molecule has 2 atom stereocenters. The van der Waals surface area contributed by atoms with E-state index < -0.39 is 12.1 Å². The highest BCUT2D eigenvalue weighted by Gasteiger charge is 2.37. The summed E-state index contributed by atoms with van der Waals surface area (Å²) in [5, 5.41) is 7.12. The van der Waals surface area contributed by atoms with Crippen molar-refractivity contribution in [2.45, 2.75) is 18.6 Å². The van der Waals surface area contributed by atoms with Gasteiger partial charge in [-0.3, -0.25) is 5.01 Å². The molecule has 0 bridgehead atoms. The number of esters is 1. The Kier molecular flexibility index (Phi) is 5.85. The predicted molar refractivity (Wildman–Crippen MR) is 143 cm³/mol.